The maximum absolute atomic E-state index is 3.54. The molecule has 0 bridgehead atoms. The molecule has 3 rings (SSSR count). The van der Waals surface area contributed by atoms with Gasteiger partial charge in [0.15, 0.2) is 0 Å². The van der Waals surface area contributed by atoms with Gasteiger partial charge in [0.05, 0.1) is 0 Å². The third-order valence-electron chi connectivity index (χ3n) is 5.06. The van der Waals surface area contributed by atoms with Crippen molar-refractivity contribution in [3.05, 3.63) is 70.8 Å². The van der Waals surface area contributed by atoms with Gasteiger partial charge in [0.2, 0.25) is 0 Å². The predicted molar refractivity (Wildman–Crippen MR) is 97.8 cm³/mol. The van der Waals surface area contributed by atoms with E-state index >= 15 is 0 Å². The van der Waals surface area contributed by atoms with Crippen LogP contribution in [0.15, 0.2) is 42.5 Å². The summed E-state index contributed by atoms with van der Waals surface area (Å²) < 4.78 is 0. The van der Waals surface area contributed by atoms with Gasteiger partial charge in [0.1, 0.15) is 0 Å². The molecule has 1 aliphatic carbocycles. The van der Waals surface area contributed by atoms with E-state index in [2.05, 4.69) is 67.5 Å². The van der Waals surface area contributed by atoms with Crippen LogP contribution in [0.5, 0.6) is 0 Å². The van der Waals surface area contributed by atoms with E-state index < -0.39 is 0 Å². The SMILES string of the molecule is CN(C)CCc1[c]ccc(CC2CCC2)c1Cc1ccccc1. The van der Waals surface area contributed by atoms with Gasteiger partial charge < -0.3 is 4.90 Å². The molecule has 0 aliphatic heterocycles. The molecule has 0 N–H and O–H groups in total. The third kappa shape index (κ3) is 4.45. The van der Waals surface area contributed by atoms with E-state index in [9.17, 15) is 0 Å². The van der Waals surface area contributed by atoms with Gasteiger partial charge in [-0.2, -0.15) is 0 Å². The average molecular weight is 306 g/mol. The molecule has 0 heterocycles. The summed E-state index contributed by atoms with van der Waals surface area (Å²) in [5, 5.41) is 0. The smallest absolute Gasteiger partial charge is 0.00160 e. The van der Waals surface area contributed by atoms with Gasteiger partial charge in [-0.1, -0.05) is 61.7 Å². The van der Waals surface area contributed by atoms with Gasteiger partial charge in [-0.25, -0.2) is 0 Å². The highest BCUT2D eigenvalue weighted by Gasteiger charge is 2.20. The van der Waals surface area contributed by atoms with Crippen LogP contribution in [-0.4, -0.2) is 25.5 Å². The molecule has 121 valence electrons. The fourth-order valence-corrected chi connectivity index (χ4v) is 3.40. The predicted octanol–water partition coefficient (Wildman–Crippen LogP) is 4.52. The lowest BCUT2D eigenvalue weighted by Gasteiger charge is -2.27. The summed E-state index contributed by atoms with van der Waals surface area (Å²) in [4.78, 5) is 2.26. The van der Waals surface area contributed by atoms with E-state index in [0.717, 1.165) is 25.3 Å². The monoisotopic (exact) mass is 306 g/mol. The average Bonchev–Trinajstić information content (AvgIpc) is 2.51. The van der Waals surface area contributed by atoms with E-state index in [1.807, 2.05) is 0 Å². The van der Waals surface area contributed by atoms with Crippen molar-refractivity contribution in [2.24, 2.45) is 5.92 Å². The van der Waals surface area contributed by atoms with Crippen molar-refractivity contribution >= 4 is 0 Å². The van der Waals surface area contributed by atoms with Crippen molar-refractivity contribution in [3.8, 4) is 0 Å². The summed E-state index contributed by atoms with van der Waals surface area (Å²) in [6, 6.07) is 18.9. The van der Waals surface area contributed by atoms with Crippen molar-refractivity contribution in [3.63, 3.8) is 0 Å². The maximum atomic E-state index is 3.54. The van der Waals surface area contributed by atoms with Gasteiger partial charge in [-0.3, -0.25) is 0 Å². The Morgan fingerprint density at radius 1 is 1.09 bits per heavy atom. The van der Waals surface area contributed by atoms with Crippen molar-refractivity contribution in [2.75, 3.05) is 20.6 Å². The molecule has 1 aliphatic rings. The molecule has 0 saturated heterocycles. The highest BCUT2D eigenvalue weighted by molar-refractivity contribution is 5.39. The van der Waals surface area contributed by atoms with Crippen LogP contribution in [-0.2, 0) is 19.3 Å². The first-order valence-electron chi connectivity index (χ1n) is 8.92. The summed E-state index contributed by atoms with van der Waals surface area (Å²) in [5.74, 6) is 0.911. The highest BCUT2D eigenvalue weighted by atomic mass is 15.0. The van der Waals surface area contributed by atoms with E-state index in [-0.39, 0.29) is 0 Å². The zero-order chi connectivity index (χ0) is 16.1. The summed E-state index contributed by atoms with van der Waals surface area (Å²) in [6.07, 6.45) is 7.64. The van der Waals surface area contributed by atoms with E-state index in [0.29, 0.717) is 0 Å². The minimum Gasteiger partial charge on any atom is -0.309 e. The Bertz CT molecular complexity index is 611. The van der Waals surface area contributed by atoms with Crippen molar-refractivity contribution < 1.29 is 0 Å². The normalized spacial score (nSPS) is 14.9. The lowest BCUT2D eigenvalue weighted by Crippen LogP contribution is -2.18. The number of nitrogens with zero attached hydrogens (tertiary/aromatic N) is 1. The minimum absolute atomic E-state index is 0.911. The quantitative estimate of drug-likeness (QED) is 0.727. The van der Waals surface area contributed by atoms with Crippen LogP contribution in [0.2, 0.25) is 0 Å². The van der Waals surface area contributed by atoms with Gasteiger partial charge >= 0.3 is 0 Å². The summed E-state index contributed by atoms with van der Waals surface area (Å²) in [6.45, 7) is 1.09. The minimum atomic E-state index is 0.911. The Labute approximate surface area is 141 Å². The lowest BCUT2D eigenvalue weighted by atomic mass is 9.79. The molecule has 1 radical (unpaired) electrons. The van der Waals surface area contributed by atoms with Crippen LogP contribution in [0, 0.1) is 12.0 Å². The molecule has 0 amide bonds. The van der Waals surface area contributed by atoms with Gasteiger partial charge in [0.25, 0.3) is 0 Å². The molecule has 2 aromatic rings. The third-order valence-corrected chi connectivity index (χ3v) is 5.06. The van der Waals surface area contributed by atoms with Crippen molar-refractivity contribution in [1.29, 1.82) is 0 Å². The molecule has 1 nitrogen and oxygen atoms in total. The second-order valence-electron chi connectivity index (χ2n) is 7.18. The zero-order valence-corrected chi connectivity index (χ0v) is 14.5. The molecule has 1 heteroatoms. The van der Waals surface area contributed by atoms with Crippen LogP contribution >= 0.6 is 0 Å². The topological polar surface area (TPSA) is 3.24 Å². The van der Waals surface area contributed by atoms with Crippen LogP contribution in [0.4, 0.5) is 0 Å². The molecule has 0 atom stereocenters. The Hall–Kier alpha value is -1.60. The standard InChI is InChI=1S/C22H28N/c1-23(2)15-14-20-12-7-13-21(16-18-10-6-11-18)22(20)17-19-8-4-3-5-9-19/h3-5,7-9,13,18H,6,10-11,14-17H2,1-2H3. The van der Waals surface area contributed by atoms with E-state index in [1.165, 1.54) is 42.4 Å². The summed E-state index contributed by atoms with van der Waals surface area (Å²) >= 11 is 0. The first-order chi connectivity index (χ1) is 11.2. The molecule has 23 heavy (non-hydrogen) atoms. The van der Waals surface area contributed by atoms with E-state index in [1.54, 1.807) is 5.56 Å². The van der Waals surface area contributed by atoms with Crippen LogP contribution in [0.1, 0.15) is 41.5 Å². The molecule has 0 aromatic heterocycles. The zero-order valence-electron chi connectivity index (χ0n) is 14.5. The van der Waals surface area contributed by atoms with Crippen molar-refractivity contribution in [1.82, 2.24) is 4.90 Å². The van der Waals surface area contributed by atoms with Gasteiger partial charge in [0, 0.05) is 6.54 Å². The molecule has 2 aromatic carbocycles. The fraction of sp³-hybridized carbons (Fsp3) is 0.455. The van der Waals surface area contributed by atoms with Crippen LogP contribution in [0.3, 0.4) is 0 Å². The molecule has 1 fully saturated rings. The second kappa shape index (κ2) is 7.79. The second-order valence-corrected chi connectivity index (χ2v) is 7.18. The lowest BCUT2D eigenvalue weighted by molar-refractivity contribution is 0.314. The maximum Gasteiger partial charge on any atom is 0.00160 e. The van der Waals surface area contributed by atoms with Crippen molar-refractivity contribution in [2.45, 2.75) is 38.5 Å². The molecular weight excluding hydrogens is 278 g/mol. The Balaban J connectivity index is 1.86. The largest absolute Gasteiger partial charge is 0.309 e. The van der Waals surface area contributed by atoms with Gasteiger partial charge in [-0.05, 0) is 67.6 Å². The number of rotatable bonds is 7. The summed E-state index contributed by atoms with van der Waals surface area (Å²) in [7, 11) is 4.30. The number of hydrogen-bond donors (Lipinski definition) is 0. The number of benzene rings is 2. The Kier molecular flexibility index (Phi) is 5.51. The molecule has 1 saturated carbocycles. The number of likely N-dealkylation sites (N-methyl/N-ethyl adjacent to an activating group) is 1. The Morgan fingerprint density at radius 3 is 2.52 bits per heavy atom. The van der Waals surface area contributed by atoms with Gasteiger partial charge in [-0.15, -0.1) is 0 Å². The first-order valence-corrected chi connectivity index (χ1v) is 8.92. The highest BCUT2D eigenvalue weighted by Crippen LogP contribution is 2.32. The molecular formula is C22H28N. The first kappa shape index (κ1) is 16.3. The Morgan fingerprint density at radius 2 is 1.87 bits per heavy atom. The van der Waals surface area contributed by atoms with Crippen LogP contribution < -0.4 is 0 Å². The number of hydrogen-bond acceptors (Lipinski definition) is 1. The summed E-state index contributed by atoms with van der Waals surface area (Å²) in [5.41, 5.74) is 5.92. The molecule has 0 unspecified atom stereocenters. The van der Waals surface area contributed by atoms with Crippen LogP contribution in [0.25, 0.3) is 0 Å². The van der Waals surface area contributed by atoms with E-state index in [4.69, 9.17) is 0 Å². The molecule has 0 spiro atoms. The fourth-order valence-electron chi connectivity index (χ4n) is 3.40.